The van der Waals surface area contributed by atoms with Crippen LogP contribution in [0.2, 0.25) is 5.15 Å². The first-order valence-corrected chi connectivity index (χ1v) is 7.41. The summed E-state index contributed by atoms with van der Waals surface area (Å²) in [5.74, 6) is 1.72. The van der Waals surface area contributed by atoms with Crippen molar-refractivity contribution < 1.29 is 4.74 Å². The Hall–Kier alpha value is -0.870. The molecule has 5 heteroatoms. The molecule has 2 heterocycles. The minimum atomic E-state index is -0.123. The molecule has 0 aromatic carbocycles. The van der Waals surface area contributed by atoms with E-state index in [1.807, 2.05) is 6.92 Å². The topological polar surface area (TPSA) is 38.2 Å². The highest BCUT2D eigenvalue weighted by atomic mass is 35.5. The van der Waals surface area contributed by atoms with E-state index < -0.39 is 0 Å². The second-order valence-electron chi connectivity index (χ2n) is 7.05. The lowest BCUT2D eigenvalue weighted by atomic mass is 9.95. The van der Waals surface area contributed by atoms with Gasteiger partial charge in [-0.3, -0.25) is 0 Å². The summed E-state index contributed by atoms with van der Waals surface area (Å²) in [6.07, 6.45) is 0. The number of rotatable bonds is 1. The third-order valence-corrected chi connectivity index (χ3v) is 4.00. The Morgan fingerprint density at radius 3 is 2.45 bits per heavy atom. The van der Waals surface area contributed by atoms with Gasteiger partial charge < -0.3 is 9.64 Å². The van der Waals surface area contributed by atoms with Crippen LogP contribution in [0.3, 0.4) is 0 Å². The minimum Gasteiger partial charge on any atom is -0.377 e. The molecule has 0 bridgehead atoms. The zero-order valence-electron chi connectivity index (χ0n) is 13.2. The summed E-state index contributed by atoms with van der Waals surface area (Å²) < 4.78 is 5.59. The standard InChI is InChI=1S/C15H24ClN3O/c1-10-11(16)17-13(14(2,3)4)18-12(10)19-7-8-20-9-15(19,5)6/h7-9H2,1-6H3. The Kier molecular flexibility index (Phi) is 4.00. The van der Waals surface area contributed by atoms with Gasteiger partial charge in [0.2, 0.25) is 0 Å². The molecule has 0 saturated carbocycles. The lowest BCUT2D eigenvalue weighted by molar-refractivity contribution is 0.0637. The van der Waals surface area contributed by atoms with Gasteiger partial charge in [-0.2, -0.15) is 0 Å². The van der Waals surface area contributed by atoms with Crippen LogP contribution in [0.1, 0.15) is 46.0 Å². The first-order chi connectivity index (χ1) is 9.13. The molecule has 2 rings (SSSR count). The molecule has 1 fully saturated rings. The SMILES string of the molecule is Cc1c(Cl)nc(C(C)(C)C)nc1N1CCOCC1(C)C. The molecule has 0 amide bonds. The third kappa shape index (κ3) is 2.91. The maximum atomic E-state index is 6.33. The number of ether oxygens (including phenoxy) is 1. The summed E-state index contributed by atoms with van der Waals surface area (Å²) in [5, 5.41) is 0.544. The van der Waals surface area contributed by atoms with E-state index >= 15 is 0 Å². The highest BCUT2D eigenvalue weighted by molar-refractivity contribution is 6.30. The van der Waals surface area contributed by atoms with E-state index in [9.17, 15) is 0 Å². The highest BCUT2D eigenvalue weighted by Crippen LogP contribution is 2.32. The monoisotopic (exact) mass is 297 g/mol. The van der Waals surface area contributed by atoms with Crippen LogP contribution in [-0.4, -0.2) is 35.3 Å². The summed E-state index contributed by atoms with van der Waals surface area (Å²) in [5.41, 5.74) is 0.730. The number of hydrogen-bond donors (Lipinski definition) is 0. The molecule has 1 aromatic rings. The number of anilines is 1. The van der Waals surface area contributed by atoms with Crippen LogP contribution in [0.25, 0.3) is 0 Å². The van der Waals surface area contributed by atoms with E-state index in [1.54, 1.807) is 0 Å². The van der Waals surface area contributed by atoms with Crippen molar-refractivity contribution in [1.29, 1.82) is 0 Å². The van der Waals surface area contributed by atoms with Crippen LogP contribution in [0.15, 0.2) is 0 Å². The van der Waals surface area contributed by atoms with Crippen LogP contribution in [0.5, 0.6) is 0 Å². The van der Waals surface area contributed by atoms with Gasteiger partial charge in [0.25, 0.3) is 0 Å². The summed E-state index contributed by atoms with van der Waals surface area (Å²) in [6.45, 7) is 14.8. The van der Waals surface area contributed by atoms with Crippen molar-refractivity contribution in [2.75, 3.05) is 24.7 Å². The molecule has 1 aliphatic rings. The summed E-state index contributed by atoms with van der Waals surface area (Å²) in [7, 11) is 0. The van der Waals surface area contributed by atoms with Crippen molar-refractivity contribution in [3.63, 3.8) is 0 Å². The van der Waals surface area contributed by atoms with Crippen LogP contribution < -0.4 is 4.90 Å². The summed E-state index contributed by atoms with van der Waals surface area (Å²) in [6, 6.07) is 0. The van der Waals surface area contributed by atoms with Crippen molar-refractivity contribution in [3.05, 3.63) is 16.5 Å². The molecule has 0 unspecified atom stereocenters. The lowest BCUT2D eigenvalue weighted by Gasteiger charge is -2.43. The quantitative estimate of drug-likeness (QED) is 0.745. The van der Waals surface area contributed by atoms with Gasteiger partial charge in [-0.1, -0.05) is 32.4 Å². The van der Waals surface area contributed by atoms with Crippen LogP contribution in [0.4, 0.5) is 5.82 Å². The van der Waals surface area contributed by atoms with Crippen LogP contribution in [0, 0.1) is 6.92 Å². The Balaban J connectivity index is 2.52. The van der Waals surface area contributed by atoms with Gasteiger partial charge in [0, 0.05) is 17.5 Å². The second kappa shape index (κ2) is 5.15. The Labute approximate surface area is 126 Å². The first-order valence-electron chi connectivity index (χ1n) is 7.03. The van der Waals surface area contributed by atoms with Gasteiger partial charge in [-0.15, -0.1) is 0 Å². The lowest BCUT2D eigenvalue weighted by Crippen LogP contribution is -2.54. The predicted molar refractivity (Wildman–Crippen MR) is 82.7 cm³/mol. The maximum Gasteiger partial charge on any atom is 0.137 e. The van der Waals surface area contributed by atoms with Crippen LogP contribution in [-0.2, 0) is 10.2 Å². The van der Waals surface area contributed by atoms with Gasteiger partial charge in [0.05, 0.1) is 18.8 Å². The van der Waals surface area contributed by atoms with Crippen molar-refractivity contribution in [1.82, 2.24) is 9.97 Å². The molecule has 0 spiro atoms. The van der Waals surface area contributed by atoms with E-state index in [4.69, 9.17) is 21.3 Å². The zero-order valence-corrected chi connectivity index (χ0v) is 14.0. The van der Waals surface area contributed by atoms with E-state index in [0.29, 0.717) is 11.8 Å². The molecular formula is C15H24ClN3O. The molecule has 0 N–H and O–H groups in total. The van der Waals surface area contributed by atoms with E-state index in [1.165, 1.54) is 0 Å². The molecule has 0 radical (unpaired) electrons. The molecule has 1 aromatic heterocycles. The minimum absolute atomic E-state index is 0.0875. The molecule has 0 aliphatic carbocycles. The molecule has 1 saturated heterocycles. The van der Waals surface area contributed by atoms with Gasteiger partial charge in [0.15, 0.2) is 0 Å². The molecule has 0 atom stereocenters. The molecule has 20 heavy (non-hydrogen) atoms. The fourth-order valence-corrected chi connectivity index (χ4v) is 2.49. The van der Waals surface area contributed by atoms with Crippen molar-refractivity contribution in [2.24, 2.45) is 0 Å². The maximum absolute atomic E-state index is 6.33. The van der Waals surface area contributed by atoms with E-state index in [-0.39, 0.29) is 11.0 Å². The van der Waals surface area contributed by atoms with Crippen molar-refractivity contribution in [3.8, 4) is 0 Å². The van der Waals surface area contributed by atoms with Gasteiger partial charge in [-0.25, -0.2) is 9.97 Å². The van der Waals surface area contributed by atoms with Crippen molar-refractivity contribution in [2.45, 2.75) is 52.5 Å². The number of halogens is 1. The Bertz CT molecular complexity index is 509. The number of aromatic nitrogens is 2. The normalized spacial score (nSPS) is 19.2. The third-order valence-electron chi connectivity index (χ3n) is 3.63. The number of nitrogens with zero attached hydrogens (tertiary/aromatic N) is 3. The molecule has 1 aliphatic heterocycles. The van der Waals surface area contributed by atoms with Gasteiger partial charge >= 0.3 is 0 Å². The average molecular weight is 298 g/mol. The number of hydrogen-bond acceptors (Lipinski definition) is 4. The van der Waals surface area contributed by atoms with Gasteiger partial charge in [-0.05, 0) is 20.8 Å². The highest BCUT2D eigenvalue weighted by Gasteiger charge is 2.34. The smallest absolute Gasteiger partial charge is 0.137 e. The molecule has 4 nitrogen and oxygen atoms in total. The van der Waals surface area contributed by atoms with E-state index in [2.05, 4.69) is 44.5 Å². The van der Waals surface area contributed by atoms with Crippen molar-refractivity contribution >= 4 is 17.4 Å². The zero-order chi connectivity index (χ0) is 15.1. The molecule has 112 valence electrons. The predicted octanol–water partition coefficient (Wildman–Crippen LogP) is 3.35. The Morgan fingerprint density at radius 2 is 1.90 bits per heavy atom. The summed E-state index contributed by atoms with van der Waals surface area (Å²) >= 11 is 6.33. The largest absolute Gasteiger partial charge is 0.377 e. The Morgan fingerprint density at radius 1 is 1.25 bits per heavy atom. The van der Waals surface area contributed by atoms with Crippen LogP contribution >= 0.6 is 11.6 Å². The van der Waals surface area contributed by atoms with E-state index in [0.717, 1.165) is 30.4 Å². The van der Waals surface area contributed by atoms with Gasteiger partial charge in [0.1, 0.15) is 16.8 Å². The first kappa shape index (κ1) is 15.5. The fourth-order valence-electron chi connectivity index (χ4n) is 2.33. The second-order valence-corrected chi connectivity index (χ2v) is 7.41. The summed E-state index contributed by atoms with van der Waals surface area (Å²) in [4.78, 5) is 11.5. The molecular weight excluding hydrogens is 274 g/mol. The average Bonchev–Trinajstić information content (AvgIpc) is 2.31. The number of morpholine rings is 1. The fraction of sp³-hybridized carbons (Fsp3) is 0.733.